The van der Waals surface area contributed by atoms with Gasteiger partial charge in [0.1, 0.15) is 0 Å². The molecule has 33 heavy (non-hydrogen) atoms. The number of hydrogen-bond acceptors (Lipinski definition) is 0. The molecule has 1 aliphatic carbocycles. The molecule has 1 atom stereocenters. The van der Waals surface area contributed by atoms with Crippen molar-refractivity contribution in [3.8, 4) is 0 Å². The fourth-order valence-corrected chi connectivity index (χ4v) is 4.14. The maximum absolute atomic E-state index is 4.20. The first-order chi connectivity index (χ1) is 16.1. The van der Waals surface area contributed by atoms with Gasteiger partial charge in [-0.1, -0.05) is 149 Å². The minimum absolute atomic E-state index is 0.661. The highest BCUT2D eigenvalue weighted by Crippen LogP contribution is 2.58. The molecule has 0 aliphatic heterocycles. The molecule has 0 aromatic heterocycles. The first-order valence-electron chi connectivity index (χ1n) is 11.0. The third kappa shape index (κ3) is 5.67. The van der Waals surface area contributed by atoms with Crippen molar-refractivity contribution >= 4 is 0 Å². The zero-order chi connectivity index (χ0) is 24.7. The molecule has 0 radical (unpaired) electrons. The van der Waals surface area contributed by atoms with Gasteiger partial charge in [0.05, 0.1) is 5.41 Å². The van der Waals surface area contributed by atoms with Crippen LogP contribution in [0.15, 0.2) is 182 Å². The summed E-state index contributed by atoms with van der Waals surface area (Å²) in [6, 6.07) is 0. The van der Waals surface area contributed by atoms with E-state index in [4.69, 9.17) is 0 Å². The molecule has 0 bridgehead atoms. The second kappa shape index (κ2) is 14.2. The van der Waals surface area contributed by atoms with Gasteiger partial charge < -0.3 is 0 Å². The predicted molar refractivity (Wildman–Crippen MR) is 151 cm³/mol. The topological polar surface area (TPSA) is 0 Å². The van der Waals surface area contributed by atoms with Crippen LogP contribution in [0.3, 0.4) is 0 Å². The monoisotopic (exact) mass is 432 g/mol. The van der Waals surface area contributed by atoms with Gasteiger partial charge in [-0.15, -0.1) is 0 Å². The summed E-state index contributed by atoms with van der Waals surface area (Å²) in [6.45, 7) is 28.0. The summed E-state index contributed by atoms with van der Waals surface area (Å²) < 4.78 is 0. The van der Waals surface area contributed by atoms with E-state index in [0.29, 0.717) is 0 Å². The third-order valence-electron chi connectivity index (χ3n) is 5.27. The van der Waals surface area contributed by atoms with Gasteiger partial charge in [0.2, 0.25) is 0 Å². The van der Waals surface area contributed by atoms with Crippen LogP contribution in [0.25, 0.3) is 0 Å². The van der Waals surface area contributed by atoms with Gasteiger partial charge >= 0.3 is 0 Å². The molecule has 1 aliphatic rings. The van der Waals surface area contributed by atoms with Crippen molar-refractivity contribution in [2.75, 3.05) is 0 Å². The van der Waals surface area contributed by atoms with E-state index in [1.807, 2.05) is 62.5 Å². The van der Waals surface area contributed by atoms with Crippen LogP contribution >= 0.6 is 0 Å². The first-order valence-corrected chi connectivity index (χ1v) is 11.0. The van der Waals surface area contributed by atoms with Crippen LogP contribution in [-0.2, 0) is 0 Å². The van der Waals surface area contributed by atoms with Gasteiger partial charge in [0.15, 0.2) is 0 Å². The summed E-state index contributed by atoms with van der Waals surface area (Å²) in [5.41, 5.74) is 5.76. The van der Waals surface area contributed by atoms with E-state index in [0.717, 1.165) is 33.4 Å². The lowest BCUT2D eigenvalue weighted by molar-refractivity contribution is 0.680. The molecule has 0 nitrogen and oxygen atoms in total. The molecule has 0 heterocycles. The van der Waals surface area contributed by atoms with Crippen molar-refractivity contribution in [2.45, 2.75) is 13.8 Å². The average Bonchev–Trinajstić information content (AvgIpc) is 3.07. The molecule has 0 fully saturated rings. The lowest BCUT2D eigenvalue weighted by Gasteiger charge is -2.37. The summed E-state index contributed by atoms with van der Waals surface area (Å²) in [6.07, 6.45) is 35.5. The first kappa shape index (κ1) is 27.1. The van der Waals surface area contributed by atoms with Gasteiger partial charge in [0.25, 0.3) is 0 Å². The summed E-state index contributed by atoms with van der Waals surface area (Å²) in [5.74, 6) is 0. The van der Waals surface area contributed by atoms with Crippen LogP contribution in [0.4, 0.5) is 0 Å². The Kier molecular flexibility index (Phi) is 11.7. The minimum Gasteiger partial charge on any atom is -0.0991 e. The van der Waals surface area contributed by atoms with Gasteiger partial charge in [-0.2, -0.15) is 0 Å². The molecular formula is C33H36. The van der Waals surface area contributed by atoms with Crippen molar-refractivity contribution in [1.82, 2.24) is 0 Å². The molecule has 0 aromatic rings. The minimum atomic E-state index is -0.661. The second-order valence-corrected chi connectivity index (χ2v) is 7.10. The summed E-state index contributed by atoms with van der Waals surface area (Å²) in [5, 5.41) is 0. The van der Waals surface area contributed by atoms with E-state index < -0.39 is 5.41 Å². The Morgan fingerprint density at radius 1 is 0.606 bits per heavy atom. The fourth-order valence-electron chi connectivity index (χ4n) is 4.14. The third-order valence-corrected chi connectivity index (χ3v) is 5.27. The number of hydrogen-bond donors (Lipinski definition) is 0. The highest BCUT2D eigenvalue weighted by atomic mass is 14.5. The van der Waals surface area contributed by atoms with E-state index in [1.165, 1.54) is 0 Å². The van der Waals surface area contributed by atoms with Crippen molar-refractivity contribution in [2.24, 2.45) is 5.41 Å². The lowest BCUT2D eigenvalue weighted by atomic mass is 9.64. The molecule has 0 saturated heterocycles. The maximum Gasteiger partial charge on any atom is 0.0713 e. The van der Waals surface area contributed by atoms with Crippen molar-refractivity contribution in [3.05, 3.63) is 182 Å². The van der Waals surface area contributed by atoms with Crippen LogP contribution < -0.4 is 0 Å². The summed E-state index contributed by atoms with van der Waals surface area (Å²) in [7, 11) is 0. The van der Waals surface area contributed by atoms with E-state index >= 15 is 0 Å². The van der Waals surface area contributed by atoms with Crippen LogP contribution in [-0.4, -0.2) is 0 Å². The second-order valence-electron chi connectivity index (χ2n) is 7.10. The zero-order valence-corrected chi connectivity index (χ0v) is 20.1. The molecule has 1 unspecified atom stereocenters. The predicted octanol–water partition coefficient (Wildman–Crippen LogP) is 9.37. The van der Waals surface area contributed by atoms with E-state index in [9.17, 15) is 0 Å². The van der Waals surface area contributed by atoms with E-state index in [2.05, 4.69) is 82.0 Å². The van der Waals surface area contributed by atoms with Gasteiger partial charge in [0, 0.05) is 0 Å². The van der Waals surface area contributed by atoms with E-state index in [1.54, 1.807) is 18.2 Å². The Bertz CT molecular complexity index is 1060. The van der Waals surface area contributed by atoms with Gasteiger partial charge in [-0.3, -0.25) is 0 Å². The van der Waals surface area contributed by atoms with Gasteiger partial charge in [-0.25, -0.2) is 0 Å². The zero-order valence-electron chi connectivity index (χ0n) is 20.1. The smallest absolute Gasteiger partial charge is 0.0713 e. The molecule has 0 aromatic carbocycles. The van der Waals surface area contributed by atoms with Crippen molar-refractivity contribution < 1.29 is 0 Å². The number of allylic oxidation sites excluding steroid dienone is 24. The molecule has 0 spiro atoms. The lowest BCUT2D eigenvalue weighted by Crippen LogP contribution is -2.27. The van der Waals surface area contributed by atoms with Crippen LogP contribution in [0, 0.1) is 5.41 Å². The fraction of sp³-hybridized carbons (Fsp3) is 0.0909. The van der Waals surface area contributed by atoms with Gasteiger partial charge in [-0.05, 0) is 47.3 Å². The summed E-state index contributed by atoms with van der Waals surface area (Å²) >= 11 is 0. The largest absolute Gasteiger partial charge is 0.0991 e. The molecule has 1 rings (SSSR count). The Hall–Kier alpha value is -3.90. The molecule has 0 amide bonds. The Labute approximate surface area is 201 Å². The normalized spacial score (nSPS) is 20.2. The van der Waals surface area contributed by atoms with E-state index in [-0.39, 0.29) is 0 Å². The Morgan fingerprint density at radius 2 is 1.24 bits per heavy atom. The quantitative estimate of drug-likeness (QED) is 0.254. The van der Waals surface area contributed by atoms with Crippen molar-refractivity contribution in [3.63, 3.8) is 0 Å². The number of rotatable bonds is 13. The molecule has 168 valence electrons. The Balaban J connectivity index is 4.54. The SMILES string of the molecule is C=C/C=C\C=C(/C=C)C1(C(/C=C\C=C)=C/C=C)C(/C=C\C=C)=C(C=C)C(/C=C\C)=C1/C=C\C. The van der Waals surface area contributed by atoms with Crippen LogP contribution in [0.5, 0.6) is 0 Å². The Morgan fingerprint density at radius 3 is 1.76 bits per heavy atom. The molecule has 0 saturated carbocycles. The summed E-state index contributed by atoms with van der Waals surface area (Å²) in [4.78, 5) is 0. The average molecular weight is 433 g/mol. The van der Waals surface area contributed by atoms with Crippen LogP contribution in [0.1, 0.15) is 13.8 Å². The van der Waals surface area contributed by atoms with Crippen molar-refractivity contribution in [1.29, 1.82) is 0 Å². The standard InChI is InChI=1S/C33H36/c1-9-17-20-25-27(15-7)33(28(21-12-4)24-18-10-2)31(23-14-6)30(22-13-5)29(16-8)32(33)26-19-11-3/h9-26H,1-4,7-8H2,5-6H3/b20-17-,22-13-,23-14-,24-18-,26-19-,27-25+,28-21+. The maximum atomic E-state index is 4.20. The van der Waals surface area contributed by atoms with Crippen LogP contribution in [0.2, 0.25) is 0 Å². The molecule has 0 heteroatoms. The molecule has 0 N–H and O–H groups in total. The highest BCUT2D eigenvalue weighted by molar-refractivity contribution is 5.76. The highest BCUT2D eigenvalue weighted by Gasteiger charge is 2.47. The molecular weight excluding hydrogens is 396 g/mol.